The van der Waals surface area contributed by atoms with Gasteiger partial charge in [-0.2, -0.15) is 13.2 Å². The maximum absolute atomic E-state index is 12.8. The van der Waals surface area contributed by atoms with E-state index < -0.39 is 11.7 Å². The van der Waals surface area contributed by atoms with Gasteiger partial charge < -0.3 is 20.3 Å². The van der Waals surface area contributed by atoms with Crippen LogP contribution in [0, 0.1) is 0 Å². The molecule has 1 aromatic heterocycles. The van der Waals surface area contributed by atoms with E-state index in [-0.39, 0.29) is 18.1 Å². The highest BCUT2D eigenvalue weighted by molar-refractivity contribution is 5.94. The number of benzene rings is 1. The van der Waals surface area contributed by atoms with Gasteiger partial charge in [-0.3, -0.25) is 4.79 Å². The highest BCUT2D eigenvalue weighted by Crippen LogP contribution is 2.31. The number of pyridine rings is 1. The molecular formula is C23H27F3N4O2. The number of nitrogens with zero attached hydrogens (tertiary/aromatic N) is 2. The Hall–Kier alpha value is -2.81. The summed E-state index contributed by atoms with van der Waals surface area (Å²) in [7, 11) is 0. The Morgan fingerprint density at radius 1 is 1.06 bits per heavy atom. The molecule has 0 saturated carbocycles. The second-order valence-corrected chi connectivity index (χ2v) is 8.23. The van der Waals surface area contributed by atoms with E-state index in [1.54, 1.807) is 18.3 Å². The zero-order valence-corrected chi connectivity index (χ0v) is 17.7. The first-order valence-electron chi connectivity index (χ1n) is 10.9. The van der Waals surface area contributed by atoms with Crippen LogP contribution < -0.4 is 20.3 Å². The van der Waals surface area contributed by atoms with Crippen LogP contribution in [0.15, 0.2) is 42.6 Å². The third-order valence-corrected chi connectivity index (χ3v) is 5.96. The fourth-order valence-electron chi connectivity index (χ4n) is 4.11. The topological polar surface area (TPSA) is 66.5 Å². The maximum Gasteiger partial charge on any atom is 0.416 e. The molecule has 2 aliphatic rings. The lowest BCUT2D eigenvalue weighted by atomic mass is 10.1. The Kier molecular flexibility index (Phi) is 6.83. The van der Waals surface area contributed by atoms with E-state index in [2.05, 4.69) is 20.5 Å². The Labute approximate surface area is 185 Å². The summed E-state index contributed by atoms with van der Waals surface area (Å²) in [5.41, 5.74) is 0.650. The van der Waals surface area contributed by atoms with E-state index in [4.69, 9.17) is 4.74 Å². The summed E-state index contributed by atoms with van der Waals surface area (Å²) in [5.74, 6) is 0.289. The second-order valence-electron chi connectivity index (χ2n) is 8.23. The van der Waals surface area contributed by atoms with Crippen LogP contribution in [0.3, 0.4) is 0 Å². The van der Waals surface area contributed by atoms with Crippen molar-refractivity contribution in [2.24, 2.45) is 0 Å². The van der Waals surface area contributed by atoms with Crippen LogP contribution in [0.4, 0.5) is 18.9 Å². The monoisotopic (exact) mass is 448 g/mol. The zero-order valence-electron chi connectivity index (χ0n) is 17.7. The summed E-state index contributed by atoms with van der Waals surface area (Å²) in [6, 6.07) is 8.77. The third-order valence-electron chi connectivity index (χ3n) is 5.96. The average Bonchev–Trinajstić information content (AvgIpc) is 2.80. The van der Waals surface area contributed by atoms with Gasteiger partial charge in [-0.05, 0) is 56.3 Å². The molecule has 0 bridgehead atoms. The van der Waals surface area contributed by atoms with Gasteiger partial charge in [0.2, 0.25) is 5.88 Å². The minimum absolute atomic E-state index is 0.0593. The smallest absolute Gasteiger partial charge is 0.416 e. The molecule has 2 aliphatic heterocycles. The fourth-order valence-corrected chi connectivity index (χ4v) is 4.11. The number of hydrogen-bond donors (Lipinski definition) is 2. The first-order valence-corrected chi connectivity index (χ1v) is 10.9. The lowest BCUT2D eigenvalue weighted by Crippen LogP contribution is -2.42. The molecule has 2 saturated heterocycles. The third kappa shape index (κ3) is 5.70. The first kappa shape index (κ1) is 22.4. The molecule has 0 spiro atoms. The van der Waals surface area contributed by atoms with E-state index in [1.165, 1.54) is 12.1 Å². The molecule has 172 valence electrons. The van der Waals surface area contributed by atoms with E-state index in [0.29, 0.717) is 37.4 Å². The number of carbonyl (C=O) groups is 1. The summed E-state index contributed by atoms with van der Waals surface area (Å²) >= 11 is 0. The molecule has 1 aromatic carbocycles. The van der Waals surface area contributed by atoms with Crippen molar-refractivity contribution in [3.05, 3.63) is 53.7 Å². The van der Waals surface area contributed by atoms with Crippen LogP contribution in [-0.2, 0) is 6.18 Å². The Morgan fingerprint density at radius 3 is 2.41 bits per heavy atom. The molecular weight excluding hydrogens is 421 g/mol. The van der Waals surface area contributed by atoms with Gasteiger partial charge in [0.25, 0.3) is 5.91 Å². The summed E-state index contributed by atoms with van der Waals surface area (Å²) < 4.78 is 44.3. The lowest BCUT2D eigenvalue weighted by Gasteiger charge is -2.33. The van der Waals surface area contributed by atoms with E-state index >= 15 is 0 Å². The van der Waals surface area contributed by atoms with Crippen molar-refractivity contribution in [2.75, 3.05) is 31.1 Å². The molecule has 0 aliphatic carbocycles. The van der Waals surface area contributed by atoms with Gasteiger partial charge in [-0.15, -0.1) is 0 Å². The SMILES string of the molecule is O=C(NC1CCNCC1)c1ccnc(OC2CCN(c3ccc(C(F)(F)F)cc3)CC2)c1. The molecule has 0 unspecified atom stereocenters. The van der Waals surface area contributed by atoms with Gasteiger partial charge in [0.1, 0.15) is 6.10 Å². The number of rotatable bonds is 5. The predicted molar refractivity (Wildman–Crippen MR) is 115 cm³/mol. The molecule has 2 N–H and O–H groups in total. The molecule has 9 heteroatoms. The van der Waals surface area contributed by atoms with Crippen LogP contribution >= 0.6 is 0 Å². The molecule has 0 atom stereocenters. The van der Waals surface area contributed by atoms with Crippen molar-refractivity contribution in [1.82, 2.24) is 15.6 Å². The number of aromatic nitrogens is 1. The Balaban J connectivity index is 1.29. The van der Waals surface area contributed by atoms with Crippen LogP contribution in [-0.4, -0.2) is 49.2 Å². The first-order chi connectivity index (χ1) is 15.4. The van der Waals surface area contributed by atoms with Gasteiger partial charge in [0.05, 0.1) is 5.56 Å². The normalized spacial score (nSPS) is 18.4. The number of alkyl halides is 3. The van der Waals surface area contributed by atoms with Crippen molar-refractivity contribution in [2.45, 2.75) is 44.0 Å². The molecule has 0 radical (unpaired) electrons. The number of hydrogen-bond acceptors (Lipinski definition) is 5. The number of nitrogens with one attached hydrogen (secondary N) is 2. The number of anilines is 1. The standard InChI is InChI=1S/C23H27F3N4O2/c24-23(25,26)17-1-3-19(4-2-17)30-13-8-20(9-14-30)32-21-15-16(5-12-28-21)22(31)29-18-6-10-27-11-7-18/h1-5,12,15,18,20,27H,6-11,13-14H2,(H,29,31). The summed E-state index contributed by atoms with van der Waals surface area (Å²) in [6.45, 7) is 3.15. The van der Waals surface area contributed by atoms with Gasteiger partial charge in [0, 0.05) is 55.5 Å². The summed E-state index contributed by atoms with van der Waals surface area (Å²) in [6.07, 6.45) is 0.448. The van der Waals surface area contributed by atoms with Crippen molar-refractivity contribution in [3.63, 3.8) is 0 Å². The molecule has 2 aromatic rings. The van der Waals surface area contributed by atoms with Crippen LogP contribution in [0.25, 0.3) is 0 Å². The van der Waals surface area contributed by atoms with Crippen molar-refractivity contribution in [3.8, 4) is 5.88 Å². The maximum atomic E-state index is 12.8. The highest BCUT2D eigenvalue weighted by Gasteiger charge is 2.30. The number of halogens is 3. The van der Waals surface area contributed by atoms with E-state index in [9.17, 15) is 18.0 Å². The molecule has 2 fully saturated rings. The molecule has 3 heterocycles. The fraction of sp³-hybridized carbons (Fsp3) is 0.478. The highest BCUT2D eigenvalue weighted by atomic mass is 19.4. The minimum Gasteiger partial charge on any atom is -0.474 e. The molecule has 1 amide bonds. The number of piperidine rings is 2. The lowest BCUT2D eigenvalue weighted by molar-refractivity contribution is -0.137. The van der Waals surface area contributed by atoms with Gasteiger partial charge in [-0.25, -0.2) is 4.98 Å². The van der Waals surface area contributed by atoms with Crippen LogP contribution in [0.1, 0.15) is 41.6 Å². The molecule has 32 heavy (non-hydrogen) atoms. The quantitative estimate of drug-likeness (QED) is 0.731. The summed E-state index contributed by atoms with van der Waals surface area (Å²) in [5, 5.41) is 6.34. The average molecular weight is 448 g/mol. The molecule has 6 nitrogen and oxygen atoms in total. The van der Waals surface area contributed by atoms with Gasteiger partial charge >= 0.3 is 6.18 Å². The van der Waals surface area contributed by atoms with Crippen LogP contribution in [0.5, 0.6) is 5.88 Å². The largest absolute Gasteiger partial charge is 0.474 e. The summed E-state index contributed by atoms with van der Waals surface area (Å²) in [4.78, 5) is 18.8. The van der Waals surface area contributed by atoms with E-state index in [0.717, 1.165) is 43.8 Å². The van der Waals surface area contributed by atoms with Crippen molar-refractivity contribution in [1.29, 1.82) is 0 Å². The van der Waals surface area contributed by atoms with E-state index in [1.807, 2.05) is 0 Å². The van der Waals surface area contributed by atoms with Crippen molar-refractivity contribution >= 4 is 11.6 Å². The van der Waals surface area contributed by atoms with Gasteiger partial charge in [0.15, 0.2) is 0 Å². The van der Waals surface area contributed by atoms with Gasteiger partial charge in [-0.1, -0.05) is 0 Å². The second kappa shape index (κ2) is 9.77. The van der Waals surface area contributed by atoms with Crippen molar-refractivity contribution < 1.29 is 22.7 Å². The minimum atomic E-state index is -4.33. The predicted octanol–water partition coefficient (Wildman–Crippen LogP) is 3.63. The Bertz CT molecular complexity index is 906. The van der Waals surface area contributed by atoms with Crippen LogP contribution in [0.2, 0.25) is 0 Å². The number of ether oxygens (including phenoxy) is 1. The Morgan fingerprint density at radius 2 is 1.75 bits per heavy atom. The number of amides is 1. The molecule has 4 rings (SSSR count). The number of carbonyl (C=O) groups excluding carboxylic acids is 1. The zero-order chi connectivity index (χ0) is 22.6.